The number of allylic oxidation sites excluding steroid dienone is 2. The first-order valence-electron chi connectivity index (χ1n) is 35.4. The van der Waals surface area contributed by atoms with Crippen LogP contribution in [0.25, 0.3) is 66.8 Å². The van der Waals surface area contributed by atoms with Gasteiger partial charge in [-0.25, -0.2) is 0 Å². The van der Waals surface area contributed by atoms with Gasteiger partial charge in [-0.3, -0.25) is 0 Å². The van der Waals surface area contributed by atoms with Crippen LogP contribution in [0.4, 0.5) is 28.4 Å². The molecule has 0 aromatic heterocycles. The Kier molecular flexibility index (Phi) is 13.6. The second-order valence-electron chi connectivity index (χ2n) is 32.5. The molecule has 0 saturated carbocycles. The summed E-state index contributed by atoms with van der Waals surface area (Å²) in [6.07, 6.45) is 4.16. The molecule has 0 unspecified atom stereocenters. The lowest BCUT2D eigenvalue weighted by Crippen LogP contribution is -2.51. The number of nitrogens with zero attached hydrogens (tertiary/aromatic N) is 2. The van der Waals surface area contributed by atoms with E-state index in [4.69, 9.17) is 0 Å². The van der Waals surface area contributed by atoms with Crippen LogP contribution in [0.5, 0.6) is 0 Å². The molecule has 12 aromatic carbocycles. The van der Waals surface area contributed by atoms with Crippen molar-refractivity contribution in [3.05, 3.63) is 340 Å². The summed E-state index contributed by atoms with van der Waals surface area (Å²) >= 11 is 0. The van der Waals surface area contributed by atoms with Gasteiger partial charge in [0.05, 0.1) is 16.5 Å². The molecule has 17 rings (SSSR count). The minimum atomic E-state index is -0.655. The highest BCUT2D eigenvalue weighted by Crippen LogP contribution is 2.67. The molecule has 98 heavy (non-hydrogen) atoms. The Morgan fingerprint density at radius 2 is 0.694 bits per heavy atom. The Labute approximate surface area is 581 Å². The molecule has 0 amide bonds. The highest BCUT2D eigenvalue weighted by molar-refractivity contribution is 6.93. The molecule has 12 aromatic rings. The molecule has 0 bridgehead atoms. The van der Waals surface area contributed by atoms with Crippen LogP contribution in [-0.2, 0) is 32.5 Å². The zero-order valence-corrected chi connectivity index (χ0v) is 59.1. The number of rotatable bonds is 7. The summed E-state index contributed by atoms with van der Waals surface area (Å²) in [5.74, 6) is 2.43. The average Bonchev–Trinajstić information content (AvgIpc) is 1.48. The van der Waals surface area contributed by atoms with Gasteiger partial charge in [0.1, 0.15) is 0 Å². The van der Waals surface area contributed by atoms with E-state index in [1.54, 1.807) is 0 Å². The fraction of sp³-hybridized carbons (Fsp3) is 0.200. The summed E-state index contributed by atoms with van der Waals surface area (Å²) in [6, 6.07) is 97.3. The maximum atomic E-state index is 4.41. The quantitative estimate of drug-likeness (QED) is 0.116. The monoisotopic (exact) mass is 1260 g/mol. The molecule has 478 valence electrons. The third-order valence-electron chi connectivity index (χ3n) is 22.7. The predicted molar refractivity (Wildman–Crippen MR) is 418 cm³/mol. The van der Waals surface area contributed by atoms with Gasteiger partial charge in [-0.2, -0.15) is 0 Å². The normalized spacial score (nSPS) is 14.7. The van der Waals surface area contributed by atoms with Gasteiger partial charge in [0, 0.05) is 40.9 Å². The highest BCUT2D eigenvalue weighted by Gasteiger charge is 2.56. The average molecular weight is 1270 g/mol. The standard InChI is InChI=1S/C95H85BN2/c1-15-16-49-96-81-48-47-59(60-50-63(90(2,3)4)57-64(51-60)91(5,6)7)54-84(81)98(83-46-30-38-74-72-36-22-28-44-80(72)95(88(74)83)77-41-25-19-33-69(77)70-34-20-26-42-78(70)95)86-56-62(61-52-65(92(8,9)10)58-66(53-61)93(11,12)13)55-85(89(86)96)97(14)82-45-29-37-73-71-35-21-27-43-79(71)94(87(73)82)75-39-23-17-31-67(75)68-32-18-24-40-76(68)94/h15-58H,1H2,2-14H3/b49-16+. The van der Waals surface area contributed by atoms with E-state index < -0.39 is 10.8 Å². The Balaban J connectivity index is 1.03. The lowest BCUT2D eigenvalue weighted by atomic mass is 9.38. The fourth-order valence-corrected chi connectivity index (χ4v) is 17.9. The Morgan fingerprint density at radius 3 is 1.12 bits per heavy atom. The lowest BCUT2D eigenvalue weighted by molar-refractivity contribution is 0.568. The van der Waals surface area contributed by atoms with Crippen molar-refractivity contribution in [2.24, 2.45) is 0 Å². The molecular weight excluding hydrogens is 1180 g/mol. The maximum absolute atomic E-state index is 4.41. The Bertz CT molecular complexity index is 5200. The van der Waals surface area contributed by atoms with Crippen LogP contribution in [0, 0.1) is 0 Å². The van der Waals surface area contributed by atoms with Crippen LogP contribution in [0.3, 0.4) is 0 Å². The number of benzene rings is 12. The molecule has 5 aliphatic rings. The highest BCUT2D eigenvalue weighted by atomic mass is 15.2. The van der Waals surface area contributed by atoms with Crippen molar-refractivity contribution in [2.45, 2.75) is 116 Å². The molecule has 1 aliphatic heterocycles. The predicted octanol–water partition coefficient (Wildman–Crippen LogP) is 23.3. The molecule has 4 aliphatic carbocycles. The van der Waals surface area contributed by atoms with Gasteiger partial charge in [-0.15, -0.1) is 5.98 Å². The molecule has 0 saturated heterocycles. The van der Waals surface area contributed by atoms with Crippen LogP contribution in [0.15, 0.2) is 273 Å². The molecular formula is C95H85BN2. The number of hydrogen-bond donors (Lipinski definition) is 0. The third-order valence-corrected chi connectivity index (χ3v) is 22.7. The molecule has 0 fully saturated rings. The van der Waals surface area contributed by atoms with Gasteiger partial charge in [0.25, 0.3) is 0 Å². The first-order valence-corrected chi connectivity index (χ1v) is 35.4. The Morgan fingerprint density at radius 1 is 0.337 bits per heavy atom. The SMILES string of the molecule is C=C/C=C/B1c2ccc(-c3cc(C(C)(C)C)cc(C(C)(C)C)c3)cc2N(c2cccc3c2C2(c4ccccc4-c4ccccc42)c2ccccc2-3)c2cc(-c3cc(C(C)(C)C)cc(C(C)(C)C)c3)cc(N(C)c3cccc4c3C3(c5ccccc5-c5ccccc53)c3ccccc3-4)c21. The Hall–Kier alpha value is -10.2. The van der Waals surface area contributed by atoms with Crippen LogP contribution < -0.4 is 20.7 Å². The van der Waals surface area contributed by atoms with Gasteiger partial charge >= 0.3 is 0 Å². The van der Waals surface area contributed by atoms with Gasteiger partial charge in [0.2, 0.25) is 6.71 Å². The van der Waals surface area contributed by atoms with E-state index in [2.05, 4.69) is 367 Å². The molecule has 2 spiro atoms. The molecule has 0 N–H and O–H groups in total. The van der Waals surface area contributed by atoms with Crippen LogP contribution >= 0.6 is 0 Å². The minimum Gasteiger partial charge on any atom is -0.345 e. The van der Waals surface area contributed by atoms with E-state index in [9.17, 15) is 0 Å². The summed E-state index contributed by atoms with van der Waals surface area (Å²) in [5.41, 5.74) is 37.4. The van der Waals surface area contributed by atoms with Gasteiger partial charge in [-0.1, -0.05) is 320 Å². The summed E-state index contributed by atoms with van der Waals surface area (Å²) in [4.78, 5) is 5.35. The zero-order valence-electron chi connectivity index (χ0n) is 59.1. The van der Waals surface area contributed by atoms with E-state index in [0.717, 1.165) is 28.3 Å². The van der Waals surface area contributed by atoms with Gasteiger partial charge < -0.3 is 9.80 Å². The number of anilines is 5. The van der Waals surface area contributed by atoms with Crippen molar-refractivity contribution >= 4 is 46.1 Å². The topological polar surface area (TPSA) is 6.48 Å². The third kappa shape index (κ3) is 8.80. The number of hydrogen-bond acceptors (Lipinski definition) is 2. The van der Waals surface area contributed by atoms with E-state index >= 15 is 0 Å². The molecule has 3 heteroatoms. The van der Waals surface area contributed by atoms with Crippen molar-refractivity contribution in [2.75, 3.05) is 16.8 Å². The summed E-state index contributed by atoms with van der Waals surface area (Å²) in [7, 11) is 2.37. The second kappa shape index (κ2) is 21.6. The van der Waals surface area contributed by atoms with E-state index in [1.165, 1.54) is 145 Å². The summed E-state index contributed by atoms with van der Waals surface area (Å²) < 4.78 is 0. The number of fused-ring (bicyclic) bond motifs is 22. The van der Waals surface area contributed by atoms with Crippen molar-refractivity contribution in [3.8, 4) is 66.8 Å². The molecule has 0 radical (unpaired) electrons. The van der Waals surface area contributed by atoms with E-state index in [0.29, 0.717) is 0 Å². The summed E-state index contributed by atoms with van der Waals surface area (Å²) in [5, 5.41) is 0. The first kappa shape index (κ1) is 61.4. The second-order valence-corrected chi connectivity index (χ2v) is 32.5. The lowest BCUT2D eigenvalue weighted by Gasteiger charge is -2.42. The smallest absolute Gasteiger partial charge is 0.242 e. The first-order chi connectivity index (χ1) is 47.0. The van der Waals surface area contributed by atoms with E-state index in [-0.39, 0.29) is 28.4 Å². The largest absolute Gasteiger partial charge is 0.345 e. The maximum Gasteiger partial charge on any atom is 0.242 e. The van der Waals surface area contributed by atoms with E-state index in [1.807, 2.05) is 6.08 Å². The summed E-state index contributed by atoms with van der Waals surface area (Å²) in [6.45, 7) is 32.5. The van der Waals surface area contributed by atoms with Crippen LogP contribution in [0.1, 0.15) is 150 Å². The molecule has 2 nitrogen and oxygen atoms in total. The van der Waals surface area contributed by atoms with Crippen LogP contribution in [0.2, 0.25) is 0 Å². The van der Waals surface area contributed by atoms with Gasteiger partial charge in [0.15, 0.2) is 0 Å². The van der Waals surface area contributed by atoms with Crippen LogP contribution in [-0.4, -0.2) is 13.8 Å². The van der Waals surface area contributed by atoms with Crippen molar-refractivity contribution in [3.63, 3.8) is 0 Å². The fourth-order valence-electron chi connectivity index (χ4n) is 17.9. The van der Waals surface area contributed by atoms with Crippen molar-refractivity contribution in [1.82, 2.24) is 0 Å². The minimum absolute atomic E-state index is 0.0840. The van der Waals surface area contributed by atoms with Gasteiger partial charge in [-0.05, 0) is 185 Å². The van der Waals surface area contributed by atoms with Crippen molar-refractivity contribution < 1.29 is 0 Å². The zero-order chi connectivity index (χ0) is 67.7. The molecule has 0 atom stereocenters. The van der Waals surface area contributed by atoms with Crippen molar-refractivity contribution in [1.29, 1.82) is 0 Å². The molecule has 1 heterocycles.